The van der Waals surface area contributed by atoms with E-state index in [2.05, 4.69) is 0 Å². The molecule has 2 unspecified atom stereocenters. The minimum Gasteiger partial charge on any atom is -0.497 e. The van der Waals surface area contributed by atoms with E-state index in [1.807, 2.05) is 36.4 Å². The highest BCUT2D eigenvalue weighted by Gasteiger charge is 2.14. The topological polar surface area (TPSA) is 68.2 Å². The molecule has 2 aromatic rings. The third-order valence-electron chi connectivity index (χ3n) is 3.79. The number of benzene rings is 2. The monoisotopic (exact) mass is 346 g/mol. The van der Waals surface area contributed by atoms with Gasteiger partial charge >= 0.3 is 0 Å². The van der Waals surface area contributed by atoms with Crippen LogP contribution < -0.4 is 14.2 Å². The molecule has 0 aliphatic rings. The minimum absolute atomic E-state index is 0.453. The Morgan fingerprint density at radius 1 is 0.760 bits per heavy atom. The normalized spacial score (nSPS) is 13.2. The van der Waals surface area contributed by atoms with Crippen LogP contribution in [0.15, 0.2) is 36.4 Å². The average molecular weight is 346 g/mol. The molecule has 0 bridgehead atoms. The van der Waals surface area contributed by atoms with Crippen molar-refractivity contribution < 1.29 is 24.4 Å². The van der Waals surface area contributed by atoms with E-state index in [4.69, 9.17) is 14.2 Å². The van der Waals surface area contributed by atoms with Crippen LogP contribution in [0.25, 0.3) is 0 Å². The SMILES string of the molecule is COc1ccc(Oc2ccc(OC)cc2CC(C)O)c(CC(C)O)c1. The van der Waals surface area contributed by atoms with Crippen LogP contribution in [0, 0.1) is 0 Å². The molecule has 0 amide bonds. The summed E-state index contributed by atoms with van der Waals surface area (Å²) >= 11 is 0. The first kappa shape index (κ1) is 19.1. The molecular formula is C20H26O5. The molecule has 0 spiro atoms. The predicted molar refractivity (Wildman–Crippen MR) is 96.8 cm³/mol. The van der Waals surface area contributed by atoms with E-state index in [1.54, 1.807) is 28.1 Å². The quantitative estimate of drug-likeness (QED) is 0.767. The summed E-state index contributed by atoms with van der Waals surface area (Å²) in [6, 6.07) is 11.0. The lowest BCUT2D eigenvalue weighted by atomic mass is 10.1. The molecule has 0 aromatic heterocycles. The van der Waals surface area contributed by atoms with Crippen molar-refractivity contribution in [1.29, 1.82) is 0 Å². The summed E-state index contributed by atoms with van der Waals surface area (Å²) in [6.07, 6.45) is -0.0902. The molecule has 0 fully saturated rings. The first-order valence-corrected chi connectivity index (χ1v) is 8.30. The molecule has 2 N–H and O–H groups in total. The first-order valence-electron chi connectivity index (χ1n) is 8.30. The van der Waals surface area contributed by atoms with Crippen molar-refractivity contribution in [3.8, 4) is 23.0 Å². The molecule has 25 heavy (non-hydrogen) atoms. The summed E-state index contributed by atoms with van der Waals surface area (Å²) in [5.74, 6) is 2.72. The fourth-order valence-electron chi connectivity index (χ4n) is 2.64. The molecule has 2 aromatic carbocycles. The van der Waals surface area contributed by atoms with E-state index in [-0.39, 0.29) is 0 Å². The Kier molecular flexibility index (Phi) is 6.67. The van der Waals surface area contributed by atoms with Crippen LogP contribution in [-0.4, -0.2) is 36.6 Å². The Morgan fingerprint density at radius 3 is 1.48 bits per heavy atom. The van der Waals surface area contributed by atoms with Gasteiger partial charge in [0, 0.05) is 24.0 Å². The van der Waals surface area contributed by atoms with Crippen molar-refractivity contribution >= 4 is 0 Å². The third-order valence-corrected chi connectivity index (χ3v) is 3.79. The van der Waals surface area contributed by atoms with Crippen LogP contribution in [0.4, 0.5) is 0 Å². The zero-order chi connectivity index (χ0) is 18.4. The summed E-state index contributed by atoms with van der Waals surface area (Å²) in [4.78, 5) is 0. The molecule has 136 valence electrons. The van der Waals surface area contributed by atoms with Crippen molar-refractivity contribution in [3.63, 3.8) is 0 Å². The van der Waals surface area contributed by atoms with Crippen LogP contribution >= 0.6 is 0 Å². The maximum atomic E-state index is 9.76. The van der Waals surface area contributed by atoms with Crippen molar-refractivity contribution in [2.24, 2.45) is 0 Å². The second-order valence-corrected chi connectivity index (χ2v) is 6.16. The molecular weight excluding hydrogens is 320 g/mol. The second-order valence-electron chi connectivity index (χ2n) is 6.16. The average Bonchev–Trinajstić information content (AvgIpc) is 2.56. The Labute approximate surface area is 148 Å². The molecule has 5 nitrogen and oxygen atoms in total. The molecule has 0 aliphatic carbocycles. The summed E-state index contributed by atoms with van der Waals surface area (Å²) in [5, 5.41) is 19.5. The lowest BCUT2D eigenvalue weighted by molar-refractivity contribution is 0.193. The van der Waals surface area contributed by atoms with E-state index in [1.165, 1.54) is 0 Å². The lowest BCUT2D eigenvalue weighted by Crippen LogP contribution is -2.08. The lowest BCUT2D eigenvalue weighted by Gasteiger charge is -2.17. The van der Waals surface area contributed by atoms with Gasteiger partial charge in [0.25, 0.3) is 0 Å². The smallest absolute Gasteiger partial charge is 0.130 e. The summed E-state index contributed by atoms with van der Waals surface area (Å²) in [5.41, 5.74) is 1.71. The Balaban J connectivity index is 2.38. The van der Waals surface area contributed by atoms with E-state index < -0.39 is 12.2 Å². The number of aliphatic hydroxyl groups is 2. The van der Waals surface area contributed by atoms with Gasteiger partial charge in [-0.2, -0.15) is 0 Å². The van der Waals surface area contributed by atoms with Crippen LogP contribution in [0.1, 0.15) is 25.0 Å². The van der Waals surface area contributed by atoms with Gasteiger partial charge in [-0.1, -0.05) is 0 Å². The van der Waals surface area contributed by atoms with Crippen LogP contribution in [-0.2, 0) is 12.8 Å². The van der Waals surface area contributed by atoms with Crippen LogP contribution in [0.2, 0.25) is 0 Å². The van der Waals surface area contributed by atoms with Gasteiger partial charge in [0.1, 0.15) is 23.0 Å². The molecule has 0 radical (unpaired) electrons. The summed E-state index contributed by atoms with van der Waals surface area (Å²) in [6.45, 7) is 3.46. The highest BCUT2D eigenvalue weighted by molar-refractivity contribution is 5.47. The zero-order valence-electron chi connectivity index (χ0n) is 15.2. The van der Waals surface area contributed by atoms with E-state index in [0.29, 0.717) is 35.8 Å². The molecule has 0 saturated carbocycles. The van der Waals surface area contributed by atoms with Crippen molar-refractivity contribution in [3.05, 3.63) is 47.5 Å². The first-order chi connectivity index (χ1) is 11.9. The highest BCUT2D eigenvalue weighted by Crippen LogP contribution is 2.33. The maximum Gasteiger partial charge on any atom is 0.130 e. The predicted octanol–water partition coefficient (Wildman–Crippen LogP) is 3.34. The molecule has 2 atom stereocenters. The molecule has 5 heteroatoms. The van der Waals surface area contributed by atoms with Gasteiger partial charge in [-0.3, -0.25) is 0 Å². The number of aliphatic hydroxyl groups excluding tert-OH is 2. The Hall–Kier alpha value is -2.24. The third kappa shape index (κ3) is 5.37. The number of rotatable bonds is 8. The van der Waals surface area contributed by atoms with Crippen molar-refractivity contribution in [2.75, 3.05) is 14.2 Å². The van der Waals surface area contributed by atoms with Gasteiger partial charge in [-0.25, -0.2) is 0 Å². The Bertz CT molecular complexity index is 635. The molecule has 0 aliphatic heterocycles. The maximum absolute atomic E-state index is 9.76. The molecule has 0 saturated heterocycles. The zero-order valence-corrected chi connectivity index (χ0v) is 15.2. The van der Waals surface area contributed by atoms with Crippen LogP contribution in [0.5, 0.6) is 23.0 Å². The summed E-state index contributed by atoms with van der Waals surface area (Å²) < 4.78 is 16.6. The fourth-order valence-corrected chi connectivity index (χ4v) is 2.64. The number of hydrogen-bond donors (Lipinski definition) is 2. The second kappa shape index (κ2) is 8.74. The van der Waals surface area contributed by atoms with Gasteiger partial charge in [0.2, 0.25) is 0 Å². The van der Waals surface area contributed by atoms with Gasteiger partial charge in [0.15, 0.2) is 0 Å². The number of hydrogen-bond acceptors (Lipinski definition) is 5. The number of ether oxygens (including phenoxy) is 3. The largest absolute Gasteiger partial charge is 0.497 e. The van der Waals surface area contributed by atoms with Gasteiger partial charge in [-0.05, 0) is 50.2 Å². The van der Waals surface area contributed by atoms with E-state index >= 15 is 0 Å². The van der Waals surface area contributed by atoms with Gasteiger partial charge < -0.3 is 24.4 Å². The summed E-state index contributed by atoms with van der Waals surface area (Å²) in [7, 11) is 3.21. The molecule has 0 heterocycles. The highest BCUT2D eigenvalue weighted by atomic mass is 16.5. The van der Waals surface area contributed by atoms with Crippen molar-refractivity contribution in [1.82, 2.24) is 0 Å². The van der Waals surface area contributed by atoms with E-state index in [9.17, 15) is 10.2 Å². The van der Waals surface area contributed by atoms with Crippen molar-refractivity contribution in [2.45, 2.75) is 38.9 Å². The van der Waals surface area contributed by atoms with Gasteiger partial charge in [0.05, 0.1) is 26.4 Å². The fraction of sp³-hybridized carbons (Fsp3) is 0.400. The minimum atomic E-state index is -0.498. The standard InChI is InChI=1S/C20H26O5/c1-13(21)9-15-11-17(23-3)5-7-19(15)25-20-8-6-18(24-4)12-16(20)10-14(2)22/h5-8,11-14,21-22H,9-10H2,1-4H3. The number of methoxy groups -OCH3 is 2. The molecule has 2 rings (SSSR count). The Morgan fingerprint density at radius 2 is 1.16 bits per heavy atom. The van der Waals surface area contributed by atoms with Gasteiger partial charge in [-0.15, -0.1) is 0 Å². The van der Waals surface area contributed by atoms with Crippen LogP contribution in [0.3, 0.4) is 0 Å². The van der Waals surface area contributed by atoms with E-state index in [0.717, 1.165) is 11.1 Å².